The smallest absolute Gasteiger partial charge is 0.326 e. The van der Waals surface area contributed by atoms with Crippen molar-refractivity contribution in [3.63, 3.8) is 0 Å². The van der Waals surface area contributed by atoms with Gasteiger partial charge in [0.25, 0.3) is 0 Å². The minimum absolute atomic E-state index is 0.0954. The first-order chi connectivity index (χ1) is 7.91. The van der Waals surface area contributed by atoms with Crippen LogP contribution in [0.25, 0.3) is 0 Å². The van der Waals surface area contributed by atoms with E-state index in [9.17, 15) is 14.4 Å². The number of amides is 3. The van der Waals surface area contributed by atoms with Crippen LogP contribution in [-0.4, -0.2) is 46.5 Å². The van der Waals surface area contributed by atoms with Crippen LogP contribution in [0.3, 0.4) is 0 Å². The van der Waals surface area contributed by atoms with Crippen LogP contribution in [0.4, 0.5) is 4.79 Å². The number of hydrogen-bond donors (Lipinski definition) is 3. The van der Waals surface area contributed by atoms with Gasteiger partial charge in [-0.1, -0.05) is 0 Å². The summed E-state index contributed by atoms with van der Waals surface area (Å²) >= 11 is 0. The van der Waals surface area contributed by atoms with Crippen LogP contribution in [0.15, 0.2) is 0 Å². The van der Waals surface area contributed by atoms with Crippen LogP contribution in [-0.2, 0) is 9.59 Å². The first-order valence-electron chi connectivity index (χ1n) is 5.50. The van der Waals surface area contributed by atoms with Crippen molar-refractivity contribution in [2.24, 2.45) is 5.73 Å². The number of primary amides is 1. The minimum atomic E-state index is -1.26. The fraction of sp³-hybridized carbons (Fsp3) is 0.700. The molecule has 1 fully saturated rings. The highest BCUT2D eigenvalue weighted by molar-refractivity contribution is 5.87. The van der Waals surface area contributed by atoms with Crippen LogP contribution >= 0.6 is 0 Å². The SMILES string of the molecule is CC1CCCN1C(=O)NC(CC(N)=O)C(=O)O. The van der Waals surface area contributed by atoms with Gasteiger partial charge in [0.15, 0.2) is 0 Å². The van der Waals surface area contributed by atoms with Crippen LogP contribution in [0, 0.1) is 0 Å². The summed E-state index contributed by atoms with van der Waals surface area (Å²) in [6.07, 6.45) is 1.41. The lowest BCUT2D eigenvalue weighted by molar-refractivity contribution is -0.141. The molecule has 7 heteroatoms. The Labute approximate surface area is 98.9 Å². The molecule has 0 saturated carbocycles. The number of carbonyl (C=O) groups excluding carboxylic acids is 2. The Hall–Kier alpha value is -1.79. The number of carbonyl (C=O) groups is 3. The third kappa shape index (κ3) is 3.61. The molecule has 0 radical (unpaired) electrons. The van der Waals surface area contributed by atoms with Gasteiger partial charge >= 0.3 is 12.0 Å². The van der Waals surface area contributed by atoms with E-state index in [1.54, 1.807) is 4.90 Å². The van der Waals surface area contributed by atoms with Crippen molar-refractivity contribution >= 4 is 17.9 Å². The van der Waals surface area contributed by atoms with Crippen molar-refractivity contribution in [3.8, 4) is 0 Å². The number of urea groups is 1. The van der Waals surface area contributed by atoms with Gasteiger partial charge in [-0.05, 0) is 19.8 Å². The highest BCUT2D eigenvalue weighted by Gasteiger charge is 2.29. The fourth-order valence-electron chi connectivity index (χ4n) is 1.87. The largest absolute Gasteiger partial charge is 0.480 e. The molecule has 1 aliphatic heterocycles. The van der Waals surface area contributed by atoms with E-state index in [2.05, 4.69) is 5.32 Å². The topological polar surface area (TPSA) is 113 Å². The standard InChI is InChI=1S/C10H17N3O4/c1-6-3-2-4-13(6)10(17)12-7(9(15)16)5-8(11)14/h6-7H,2-5H2,1H3,(H2,11,14)(H,12,17)(H,15,16). The van der Waals surface area contributed by atoms with E-state index < -0.39 is 30.4 Å². The number of likely N-dealkylation sites (tertiary alicyclic amines) is 1. The molecule has 0 aromatic carbocycles. The molecule has 2 unspecified atom stereocenters. The molecular weight excluding hydrogens is 226 g/mol. The molecule has 4 N–H and O–H groups in total. The molecule has 1 saturated heterocycles. The van der Waals surface area contributed by atoms with Gasteiger partial charge in [0.1, 0.15) is 6.04 Å². The van der Waals surface area contributed by atoms with Crippen molar-refractivity contribution in [1.82, 2.24) is 10.2 Å². The average Bonchev–Trinajstić information content (AvgIpc) is 2.62. The third-order valence-electron chi connectivity index (χ3n) is 2.81. The van der Waals surface area contributed by atoms with E-state index in [1.807, 2.05) is 6.92 Å². The van der Waals surface area contributed by atoms with Crippen LogP contribution < -0.4 is 11.1 Å². The van der Waals surface area contributed by atoms with E-state index in [0.29, 0.717) is 6.54 Å². The number of hydrogen-bond acceptors (Lipinski definition) is 3. The molecule has 7 nitrogen and oxygen atoms in total. The molecule has 0 bridgehead atoms. The Kier molecular flexibility index (Phi) is 4.30. The zero-order valence-electron chi connectivity index (χ0n) is 9.68. The zero-order chi connectivity index (χ0) is 13.0. The van der Waals surface area contributed by atoms with Gasteiger partial charge in [0, 0.05) is 12.6 Å². The second-order valence-electron chi connectivity index (χ2n) is 4.20. The summed E-state index contributed by atoms with van der Waals surface area (Å²) in [4.78, 5) is 34.8. The van der Waals surface area contributed by atoms with E-state index in [-0.39, 0.29) is 6.04 Å². The third-order valence-corrected chi connectivity index (χ3v) is 2.81. The Balaban J connectivity index is 2.57. The quantitative estimate of drug-likeness (QED) is 0.618. The van der Waals surface area contributed by atoms with Gasteiger partial charge in [0.2, 0.25) is 5.91 Å². The maximum atomic E-state index is 11.8. The van der Waals surface area contributed by atoms with E-state index in [4.69, 9.17) is 10.8 Å². The molecule has 0 aliphatic carbocycles. The summed E-state index contributed by atoms with van der Waals surface area (Å²) in [5.41, 5.74) is 4.92. The minimum Gasteiger partial charge on any atom is -0.480 e. The highest BCUT2D eigenvalue weighted by atomic mass is 16.4. The predicted octanol–water partition coefficient (Wildman–Crippen LogP) is -0.491. The Bertz CT molecular complexity index is 332. The van der Waals surface area contributed by atoms with Crippen LogP contribution in [0.1, 0.15) is 26.2 Å². The molecule has 0 spiro atoms. The van der Waals surface area contributed by atoms with Crippen molar-refractivity contribution in [1.29, 1.82) is 0 Å². The molecule has 2 atom stereocenters. The van der Waals surface area contributed by atoms with Gasteiger partial charge < -0.3 is 21.1 Å². The molecule has 1 heterocycles. The molecular formula is C10H17N3O4. The Morgan fingerprint density at radius 3 is 2.59 bits per heavy atom. The van der Waals surface area contributed by atoms with Crippen molar-refractivity contribution < 1.29 is 19.5 Å². The first kappa shape index (κ1) is 13.3. The van der Waals surface area contributed by atoms with Crippen molar-refractivity contribution in [2.45, 2.75) is 38.3 Å². The monoisotopic (exact) mass is 243 g/mol. The molecule has 17 heavy (non-hydrogen) atoms. The number of carboxylic acid groups (broad SMARTS) is 1. The maximum Gasteiger partial charge on any atom is 0.326 e. The number of aliphatic carboxylic acids is 1. The van der Waals surface area contributed by atoms with Gasteiger partial charge in [-0.25, -0.2) is 9.59 Å². The van der Waals surface area contributed by atoms with E-state index >= 15 is 0 Å². The zero-order valence-corrected chi connectivity index (χ0v) is 9.68. The summed E-state index contributed by atoms with van der Waals surface area (Å²) in [6.45, 7) is 2.51. The normalized spacial score (nSPS) is 21.0. The van der Waals surface area contributed by atoms with Gasteiger partial charge in [-0.2, -0.15) is 0 Å². The van der Waals surface area contributed by atoms with Gasteiger partial charge in [-0.3, -0.25) is 4.79 Å². The van der Waals surface area contributed by atoms with E-state index in [1.165, 1.54) is 0 Å². The van der Waals surface area contributed by atoms with Crippen LogP contribution in [0.2, 0.25) is 0 Å². The van der Waals surface area contributed by atoms with Gasteiger partial charge in [0.05, 0.1) is 6.42 Å². The summed E-state index contributed by atoms with van der Waals surface area (Å²) in [5, 5.41) is 11.1. The van der Waals surface area contributed by atoms with Crippen molar-refractivity contribution in [3.05, 3.63) is 0 Å². The van der Waals surface area contributed by atoms with Gasteiger partial charge in [-0.15, -0.1) is 0 Å². The molecule has 1 aliphatic rings. The molecule has 3 amide bonds. The summed E-state index contributed by atoms with van der Waals surface area (Å²) < 4.78 is 0. The summed E-state index contributed by atoms with van der Waals surface area (Å²) in [7, 11) is 0. The molecule has 0 aromatic rings. The number of rotatable bonds is 4. The first-order valence-corrected chi connectivity index (χ1v) is 5.50. The highest BCUT2D eigenvalue weighted by Crippen LogP contribution is 2.16. The fourth-order valence-corrected chi connectivity index (χ4v) is 1.87. The summed E-state index contributed by atoms with van der Waals surface area (Å²) in [5.74, 6) is -2.02. The number of nitrogens with two attached hydrogens (primary N) is 1. The van der Waals surface area contributed by atoms with Crippen LogP contribution in [0.5, 0.6) is 0 Å². The maximum absolute atomic E-state index is 11.8. The average molecular weight is 243 g/mol. The number of nitrogens with zero attached hydrogens (tertiary/aromatic N) is 1. The lowest BCUT2D eigenvalue weighted by atomic mass is 10.2. The Morgan fingerprint density at radius 1 is 1.53 bits per heavy atom. The lowest BCUT2D eigenvalue weighted by Gasteiger charge is -2.23. The van der Waals surface area contributed by atoms with E-state index in [0.717, 1.165) is 12.8 Å². The molecule has 1 rings (SSSR count). The predicted molar refractivity (Wildman–Crippen MR) is 59.2 cm³/mol. The summed E-state index contributed by atoms with van der Waals surface area (Å²) in [6, 6.07) is -1.62. The van der Waals surface area contributed by atoms with Crippen molar-refractivity contribution in [2.75, 3.05) is 6.54 Å². The molecule has 0 aromatic heterocycles. The number of carboxylic acids is 1. The lowest BCUT2D eigenvalue weighted by Crippen LogP contribution is -2.50. The second-order valence-corrected chi connectivity index (χ2v) is 4.20. The second kappa shape index (κ2) is 5.51. The molecule has 96 valence electrons. The number of nitrogens with one attached hydrogen (secondary N) is 1. The Morgan fingerprint density at radius 2 is 2.18 bits per heavy atom.